The fraction of sp³-hybridized carbons (Fsp3) is 0.538. The first kappa shape index (κ1) is 11.9. The van der Waals surface area contributed by atoms with E-state index in [1.807, 2.05) is 0 Å². The summed E-state index contributed by atoms with van der Waals surface area (Å²) in [6.07, 6.45) is 3.28. The molecule has 2 nitrogen and oxygen atoms in total. The Morgan fingerprint density at radius 2 is 1.94 bits per heavy atom. The summed E-state index contributed by atoms with van der Waals surface area (Å²) < 4.78 is 12.6. The molecule has 0 saturated carbocycles. The highest BCUT2D eigenvalue weighted by atomic mass is 79.9. The minimum atomic E-state index is -0.0627. The van der Waals surface area contributed by atoms with E-state index in [0.717, 1.165) is 40.8 Å². The van der Waals surface area contributed by atoms with Gasteiger partial charge in [-0.2, -0.15) is 0 Å². The SMILES string of the molecule is Cc1cc(Br)cc(C)c1OC1CCCCO1. The van der Waals surface area contributed by atoms with Crippen LogP contribution in [-0.4, -0.2) is 12.9 Å². The Morgan fingerprint density at radius 1 is 1.25 bits per heavy atom. The number of hydrogen-bond donors (Lipinski definition) is 0. The van der Waals surface area contributed by atoms with E-state index >= 15 is 0 Å². The Hall–Kier alpha value is -0.540. The fourth-order valence-electron chi connectivity index (χ4n) is 2.02. The predicted octanol–water partition coefficient (Wildman–Crippen LogP) is 3.97. The van der Waals surface area contributed by atoms with Gasteiger partial charge in [0.1, 0.15) is 5.75 Å². The van der Waals surface area contributed by atoms with Gasteiger partial charge in [0.05, 0.1) is 6.61 Å². The first-order chi connectivity index (χ1) is 7.66. The first-order valence-electron chi connectivity index (χ1n) is 5.72. The summed E-state index contributed by atoms with van der Waals surface area (Å²) in [7, 11) is 0. The zero-order valence-electron chi connectivity index (χ0n) is 9.75. The van der Waals surface area contributed by atoms with E-state index < -0.39 is 0 Å². The molecule has 16 heavy (non-hydrogen) atoms. The molecule has 2 rings (SSSR count). The van der Waals surface area contributed by atoms with Gasteiger partial charge >= 0.3 is 0 Å². The third-order valence-corrected chi connectivity index (χ3v) is 3.27. The van der Waals surface area contributed by atoms with Crippen molar-refractivity contribution in [1.29, 1.82) is 0 Å². The number of halogens is 1. The molecule has 1 saturated heterocycles. The molecule has 1 aliphatic rings. The second kappa shape index (κ2) is 5.19. The highest BCUT2D eigenvalue weighted by Gasteiger charge is 2.17. The van der Waals surface area contributed by atoms with Crippen molar-refractivity contribution >= 4 is 15.9 Å². The van der Waals surface area contributed by atoms with Crippen LogP contribution in [0.1, 0.15) is 30.4 Å². The standard InChI is InChI=1S/C13H17BrO2/c1-9-7-11(14)8-10(2)13(9)16-12-5-3-4-6-15-12/h7-8,12H,3-6H2,1-2H3. The summed E-state index contributed by atoms with van der Waals surface area (Å²) in [5, 5.41) is 0. The van der Waals surface area contributed by atoms with E-state index in [2.05, 4.69) is 41.9 Å². The highest BCUT2D eigenvalue weighted by molar-refractivity contribution is 9.10. The Bertz CT molecular complexity index is 347. The van der Waals surface area contributed by atoms with Crippen molar-refractivity contribution in [3.05, 3.63) is 27.7 Å². The Labute approximate surface area is 105 Å². The largest absolute Gasteiger partial charge is 0.464 e. The molecule has 0 spiro atoms. The van der Waals surface area contributed by atoms with E-state index in [9.17, 15) is 0 Å². The van der Waals surface area contributed by atoms with Crippen molar-refractivity contribution < 1.29 is 9.47 Å². The van der Waals surface area contributed by atoms with Gasteiger partial charge < -0.3 is 9.47 Å². The molecule has 0 amide bonds. The fourth-order valence-corrected chi connectivity index (χ4v) is 2.71. The number of rotatable bonds is 2. The molecule has 1 heterocycles. The van der Waals surface area contributed by atoms with E-state index in [1.165, 1.54) is 6.42 Å². The normalized spacial score (nSPS) is 20.8. The molecular weight excluding hydrogens is 268 g/mol. The van der Waals surface area contributed by atoms with Gasteiger partial charge in [0.15, 0.2) is 6.29 Å². The maximum absolute atomic E-state index is 5.93. The summed E-state index contributed by atoms with van der Waals surface area (Å²) in [6.45, 7) is 4.95. The number of aryl methyl sites for hydroxylation is 2. The zero-order chi connectivity index (χ0) is 11.5. The molecule has 0 radical (unpaired) electrons. The molecule has 1 atom stereocenters. The van der Waals surface area contributed by atoms with Crippen molar-refractivity contribution in [2.24, 2.45) is 0 Å². The number of ether oxygens (including phenoxy) is 2. The van der Waals surface area contributed by atoms with Crippen LogP contribution in [0, 0.1) is 13.8 Å². The van der Waals surface area contributed by atoms with Crippen LogP contribution in [0.3, 0.4) is 0 Å². The van der Waals surface area contributed by atoms with Gasteiger partial charge in [0, 0.05) is 10.9 Å². The molecular formula is C13H17BrO2. The molecule has 3 heteroatoms. The van der Waals surface area contributed by atoms with Gasteiger partial charge in [-0.3, -0.25) is 0 Å². The van der Waals surface area contributed by atoms with Crippen LogP contribution in [0.15, 0.2) is 16.6 Å². The molecule has 0 bridgehead atoms. The number of benzene rings is 1. The van der Waals surface area contributed by atoms with Crippen molar-refractivity contribution in [1.82, 2.24) is 0 Å². The molecule has 88 valence electrons. The summed E-state index contributed by atoms with van der Waals surface area (Å²) in [6, 6.07) is 4.15. The van der Waals surface area contributed by atoms with E-state index in [-0.39, 0.29) is 6.29 Å². The van der Waals surface area contributed by atoms with Gasteiger partial charge in [-0.25, -0.2) is 0 Å². The van der Waals surface area contributed by atoms with Gasteiger partial charge in [-0.15, -0.1) is 0 Å². The Balaban J connectivity index is 2.14. The van der Waals surface area contributed by atoms with Crippen molar-refractivity contribution in [3.8, 4) is 5.75 Å². The first-order valence-corrected chi connectivity index (χ1v) is 6.51. The minimum Gasteiger partial charge on any atom is -0.464 e. The predicted molar refractivity (Wildman–Crippen MR) is 67.8 cm³/mol. The lowest BCUT2D eigenvalue weighted by Crippen LogP contribution is -2.25. The molecule has 0 aromatic heterocycles. The quantitative estimate of drug-likeness (QED) is 0.818. The lowest BCUT2D eigenvalue weighted by Gasteiger charge is -2.25. The molecule has 1 aliphatic heterocycles. The third-order valence-electron chi connectivity index (χ3n) is 2.81. The smallest absolute Gasteiger partial charge is 0.199 e. The molecule has 1 fully saturated rings. The maximum atomic E-state index is 5.93. The second-order valence-electron chi connectivity index (χ2n) is 4.28. The number of hydrogen-bond acceptors (Lipinski definition) is 2. The molecule has 1 unspecified atom stereocenters. The van der Waals surface area contributed by atoms with Crippen LogP contribution in [0.2, 0.25) is 0 Å². The summed E-state index contributed by atoms with van der Waals surface area (Å²) >= 11 is 3.49. The molecule has 0 aliphatic carbocycles. The maximum Gasteiger partial charge on any atom is 0.199 e. The van der Waals surface area contributed by atoms with Crippen LogP contribution in [0.4, 0.5) is 0 Å². The Morgan fingerprint density at radius 3 is 2.50 bits per heavy atom. The lowest BCUT2D eigenvalue weighted by atomic mass is 10.1. The van der Waals surface area contributed by atoms with E-state index in [4.69, 9.17) is 9.47 Å². The van der Waals surface area contributed by atoms with Crippen LogP contribution < -0.4 is 4.74 Å². The van der Waals surface area contributed by atoms with Crippen LogP contribution in [-0.2, 0) is 4.74 Å². The lowest BCUT2D eigenvalue weighted by molar-refractivity contribution is -0.106. The summed E-state index contributed by atoms with van der Waals surface area (Å²) in [5.41, 5.74) is 2.31. The second-order valence-corrected chi connectivity index (χ2v) is 5.20. The Kier molecular flexibility index (Phi) is 3.87. The van der Waals surface area contributed by atoms with Crippen LogP contribution in [0.5, 0.6) is 5.75 Å². The van der Waals surface area contributed by atoms with Crippen molar-refractivity contribution in [2.75, 3.05) is 6.61 Å². The third kappa shape index (κ3) is 2.77. The highest BCUT2D eigenvalue weighted by Crippen LogP contribution is 2.29. The summed E-state index contributed by atoms with van der Waals surface area (Å²) in [5.74, 6) is 0.968. The molecule has 0 N–H and O–H groups in total. The van der Waals surface area contributed by atoms with E-state index in [0.29, 0.717) is 0 Å². The average Bonchev–Trinajstić information content (AvgIpc) is 2.25. The molecule has 1 aromatic rings. The van der Waals surface area contributed by atoms with Crippen molar-refractivity contribution in [3.63, 3.8) is 0 Å². The average molecular weight is 285 g/mol. The van der Waals surface area contributed by atoms with Crippen molar-refractivity contribution in [2.45, 2.75) is 39.4 Å². The van der Waals surface area contributed by atoms with Crippen LogP contribution in [0.25, 0.3) is 0 Å². The van der Waals surface area contributed by atoms with E-state index in [1.54, 1.807) is 0 Å². The topological polar surface area (TPSA) is 18.5 Å². The van der Waals surface area contributed by atoms with Gasteiger partial charge in [0.25, 0.3) is 0 Å². The van der Waals surface area contributed by atoms with Gasteiger partial charge in [0.2, 0.25) is 0 Å². The van der Waals surface area contributed by atoms with Crippen LogP contribution >= 0.6 is 15.9 Å². The monoisotopic (exact) mass is 284 g/mol. The van der Waals surface area contributed by atoms with Gasteiger partial charge in [-0.1, -0.05) is 15.9 Å². The van der Waals surface area contributed by atoms with Gasteiger partial charge in [-0.05, 0) is 49.9 Å². The minimum absolute atomic E-state index is 0.0627. The zero-order valence-corrected chi connectivity index (χ0v) is 11.3. The molecule has 1 aromatic carbocycles. The summed E-state index contributed by atoms with van der Waals surface area (Å²) in [4.78, 5) is 0.